The van der Waals surface area contributed by atoms with Crippen LogP contribution in [0.1, 0.15) is 25.0 Å². The van der Waals surface area contributed by atoms with Gasteiger partial charge in [-0.3, -0.25) is 4.79 Å². The molecular formula is C22H27NO3S2. The maximum atomic E-state index is 12.7. The van der Waals surface area contributed by atoms with Gasteiger partial charge in [0.15, 0.2) is 0 Å². The Labute approximate surface area is 175 Å². The van der Waals surface area contributed by atoms with E-state index in [9.17, 15) is 14.7 Å². The fourth-order valence-corrected chi connectivity index (χ4v) is 4.64. The second-order valence-corrected chi connectivity index (χ2v) is 9.24. The Morgan fingerprint density at radius 1 is 0.929 bits per heavy atom. The highest BCUT2D eigenvalue weighted by molar-refractivity contribution is 7.98. The smallest absolute Gasteiger partial charge is 0.327 e. The topological polar surface area (TPSA) is 66.4 Å². The van der Waals surface area contributed by atoms with E-state index in [1.54, 1.807) is 11.8 Å². The van der Waals surface area contributed by atoms with Crippen LogP contribution in [0.2, 0.25) is 0 Å². The molecule has 0 aliphatic heterocycles. The molecule has 0 aliphatic carbocycles. The highest BCUT2D eigenvalue weighted by Crippen LogP contribution is 2.25. The minimum atomic E-state index is -0.998. The molecular weight excluding hydrogens is 390 g/mol. The number of carbonyl (C=O) groups is 2. The van der Waals surface area contributed by atoms with Crippen LogP contribution in [-0.2, 0) is 21.1 Å². The molecule has 0 unspecified atom stereocenters. The molecule has 2 aromatic rings. The third kappa shape index (κ3) is 7.60. The third-order valence-corrected chi connectivity index (χ3v) is 6.76. The van der Waals surface area contributed by atoms with Gasteiger partial charge in [0, 0.05) is 23.0 Å². The molecule has 2 N–H and O–H groups in total. The fraction of sp³-hybridized carbons (Fsp3) is 0.364. The standard InChI is InChI=1S/C22H27NO3S2/c1-22(2,16-28-14-18-11-7-4-8-12-18)21(26)23-19(20(24)25)15-27-13-17-9-5-3-6-10-17/h3-12,19H,13-16H2,1-2H3,(H,23,26)(H,24,25)/t19-/m1/s1. The lowest BCUT2D eigenvalue weighted by atomic mass is 9.95. The van der Waals surface area contributed by atoms with E-state index in [2.05, 4.69) is 17.4 Å². The molecule has 0 saturated carbocycles. The van der Waals surface area contributed by atoms with Gasteiger partial charge in [0.2, 0.25) is 5.91 Å². The number of carboxylic acid groups (broad SMARTS) is 1. The van der Waals surface area contributed by atoms with Crippen molar-refractivity contribution < 1.29 is 14.7 Å². The molecule has 1 atom stereocenters. The van der Waals surface area contributed by atoms with Crippen LogP contribution in [0.4, 0.5) is 0 Å². The van der Waals surface area contributed by atoms with Crippen molar-refractivity contribution >= 4 is 35.4 Å². The van der Waals surface area contributed by atoms with E-state index in [-0.39, 0.29) is 5.91 Å². The van der Waals surface area contributed by atoms with Gasteiger partial charge in [0.1, 0.15) is 6.04 Å². The first-order valence-corrected chi connectivity index (χ1v) is 11.5. The minimum absolute atomic E-state index is 0.222. The van der Waals surface area contributed by atoms with Crippen LogP contribution < -0.4 is 5.32 Å². The molecule has 1 amide bonds. The van der Waals surface area contributed by atoms with Crippen LogP contribution in [0, 0.1) is 5.41 Å². The van der Waals surface area contributed by atoms with Crippen molar-refractivity contribution in [1.82, 2.24) is 5.32 Å². The summed E-state index contributed by atoms with van der Waals surface area (Å²) in [7, 11) is 0. The molecule has 0 heterocycles. The van der Waals surface area contributed by atoms with Gasteiger partial charge in [-0.2, -0.15) is 23.5 Å². The van der Waals surface area contributed by atoms with Crippen molar-refractivity contribution in [3.8, 4) is 0 Å². The first-order chi connectivity index (χ1) is 13.4. The van der Waals surface area contributed by atoms with Crippen molar-refractivity contribution in [3.05, 3.63) is 71.8 Å². The van der Waals surface area contributed by atoms with Crippen LogP contribution in [0.3, 0.4) is 0 Å². The largest absolute Gasteiger partial charge is 0.480 e. The Morgan fingerprint density at radius 2 is 1.43 bits per heavy atom. The monoisotopic (exact) mass is 417 g/mol. The average Bonchev–Trinajstić information content (AvgIpc) is 2.68. The number of nitrogens with one attached hydrogen (secondary N) is 1. The van der Waals surface area contributed by atoms with Gasteiger partial charge >= 0.3 is 5.97 Å². The lowest BCUT2D eigenvalue weighted by Gasteiger charge is -2.25. The minimum Gasteiger partial charge on any atom is -0.480 e. The summed E-state index contributed by atoms with van der Waals surface area (Å²) in [6.45, 7) is 3.71. The molecule has 0 spiro atoms. The molecule has 2 aromatic carbocycles. The Hall–Kier alpha value is -1.92. The van der Waals surface area contributed by atoms with E-state index in [0.717, 1.165) is 17.1 Å². The molecule has 6 heteroatoms. The first-order valence-electron chi connectivity index (χ1n) is 9.15. The second-order valence-electron chi connectivity index (χ2n) is 7.23. The summed E-state index contributed by atoms with van der Waals surface area (Å²) in [5, 5.41) is 12.2. The maximum absolute atomic E-state index is 12.7. The number of hydrogen-bond acceptors (Lipinski definition) is 4. The van der Waals surface area contributed by atoms with Gasteiger partial charge in [-0.05, 0) is 11.1 Å². The first kappa shape index (κ1) is 22.4. The van der Waals surface area contributed by atoms with E-state index >= 15 is 0 Å². The lowest BCUT2D eigenvalue weighted by Crippen LogP contribution is -2.48. The molecule has 0 aliphatic rings. The van der Waals surface area contributed by atoms with E-state index in [4.69, 9.17) is 0 Å². The highest BCUT2D eigenvalue weighted by Gasteiger charge is 2.31. The van der Waals surface area contributed by atoms with Gasteiger partial charge in [-0.25, -0.2) is 4.79 Å². The molecule has 0 radical (unpaired) electrons. The molecule has 0 aromatic heterocycles. The molecule has 2 rings (SSSR count). The Bertz CT molecular complexity index is 751. The lowest BCUT2D eigenvalue weighted by molar-refractivity contribution is -0.142. The summed E-state index contributed by atoms with van der Waals surface area (Å²) in [5.74, 6) is 1.28. The van der Waals surface area contributed by atoms with Crippen molar-refractivity contribution in [2.24, 2.45) is 5.41 Å². The number of carbonyl (C=O) groups excluding carboxylic acids is 1. The average molecular weight is 418 g/mol. The number of aliphatic carboxylic acids is 1. The molecule has 0 bridgehead atoms. The maximum Gasteiger partial charge on any atom is 0.327 e. The number of hydrogen-bond donors (Lipinski definition) is 2. The number of carboxylic acids is 1. The van der Waals surface area contributed by atoms with E-state index < -0.39 is 17.4 Å². The predicted molar refractivity (Wildman–Crippen MR) is 119 cm³/mol. The predicted octanol–water partition coefficient (Wildman–Crippen LogP) is 4.45. The molecule has 0 fully saturated rings. The third-order valence-electron chi connectivity index (χ3n) is 4.19. The normalized spacial score (nSPS) is 12.4. The van der Waals surface area contributed by atoms with Crippen LogP contribution in [0.25, 0.3) is 0 Å². The van der Waals surface area contributed by atoms with Crippen molar-refractivity contribution in [2.45, 2.75) is 31.4 Å². The van der Waals surface area contributed by atoms with Crippen LogP contribution >= 0.6 is 23.5 Å². The SMILES string of the molecule is CC(C)(CSCc1ccccc1)C(=O)N[C@H](CSCc1ccccc1)C(=O)O. The van der Waals surface area contributed by atoms with E-state index in [0.29, 0.717) is 11.5 Å². The number of benzene rings is 2. The van der Waals surface area contributed by atoms with Gasteiger partial charge in [-0.15, -0.1) is 0 Å². The summed E-state index contributed by atoms with van der Waals surface area (Å²) in [6, 6.07) is 19.1. The van der Waals surface area contributed by atoms with Crippen molar-refractivity contribution in [3.63, 3.8) is 0 Å². The number of rotatable bonds is 11. The fourth-order valence-electron chi connectivity index (χ4n) is 2.46. The zero-order valence-electron chi connectivity index (χ0n) is 16.3. The summed E-state index contributed by atoms with van der Waals surface area (Å²) in [5.41, 5.74) is 1.71. The van der Waals surface area contributed by atoms with Crippen LogP contribution in [0.5, 0.6) is 0 Å². The van der Waals surface area contributed by atoms with E-state index in [1.807, 2.05) is 62.4 Å². The van der Waals surface area contributed by atoms with E-state index in [1.165, 1.54) is 17.3 Å². The van der Waals surface area contributed by atoms with Crippen LogP contribution in [-0.4, -0.2) is 34.5 Å². The highest BCUT2D eigenvalue weighted by atomic mass is 32.2. The molecule has 0 saturated heterocycles. The summed E-state index contributed by atoms with van der Waals surface area (Å²) < 4.78 is 0. The van der Waals surface area contributed by atoms with Gasteiger partial charge in [-0.1, -0.05) is 74.5 Å². The van der Waals surface area contributed by atoms with Crippen LogP contribution in [0.15, 0.2) is 60.7 Å². The van der Waals surface area contributed by atoms with Crippen molar-refractivity contribution in [2.75, 3.05) is 11.5 Å². The Morgan fingerprint density at radius 3 is 1.93 bits per heavy atom. The second kappa shape index (κ2) is 11.2. The quantitative estimate of drug-likeness (QED) is 0.565. The van der Waals surface area contributed by atoms with Gasteiger partial charge in [0.25, 0.3) is 0 Å². The molecule has 28 heavy (non-hydrogen) atoms. The summed E-state index contributed by atoms with van der Waals surface area (Å²) in [6.07, 6.45) is 0. The van der Waals surface area contributed by atoms with Gasteiger partial charge < -0.3 is 10.4 Å². The zero-order valence-corrected chi connectivity index (χ0v) is 17.9. The molecule has 150 valence electrons. The number of amides is 1. The molecule has 4 nitrogen and oxygen atoms in total. The Balaban J connectivity index is 1.81. The summed E-state index contributed by atoms with van der Waals surface area (Å²) in [4.78, 5) is 24.2. The van der Waals surface area contributed by atoms with Crippen molar-refractivity contribution in [1.29, 1.82) is 0 Å². The Kier molecular flexibility index (Phi) is 8.93. The summed E-state index contributed by atoms with van der Waals surface area (Å²) >= 11 is 3.19. The van der Waals surface area contributed by atoms with Gasteiger partial charge in [0.05, 0.1) is 5.41 Å². The zero-order chi connectivity index (χ0) is 20.4. The number of thioether (sulfide) groups is 2.